The number of allylic oxidation sites excluding steroid dienone is 1. The van der Waals surface area contributed by atoms with Crippen molar-refractivity contribution in [3.05, 3.63) is 12.2 Å². The van der Waals surface area contributed by atoms with E-state index >= 15 is 0 Å². The molecule has 0 amide bonds. The minimum atomic E-state index is -0.792. The number of aliphatic hydroxyl groups excluding tert-OH is 1. The zero-order chi connectivity index (χ0) is 7.61. The zero-order valence-electron chi connectivity index (χ0n) is 6.18. The van der Waals surface area contributed by atoms with E-state index in [1.807, 2.05) is 6.92 Å². The molecule has 10 heavy (non-hydrogen) atoms. The minimum Gasteiger partial charge on any atom is -0.395 e. The van der Waals surface area contributed by atoms with Crippen molar-refractivity contribution in [1.29, 1.82) is 0 Å². The monoisotopic (exact) mass is 144 g/mol. The Morgan fingerprint density at radius 1 is 1.80 bits per heavy atom. The van der Waals surface area contributed by atoms with E-state index < -0.39 is 6.17 Å². The normalized spacial score (nSPS) is 40.1. The van der Waals surface area contributed by atoms with Gasteiger partial charge in [0.15, 0.2) is 0 Å². The molecule has 1 N–H and O–H groups in total. The van der Waals surface area contributed by atoms with Crippen LogP contribution in [0.15, 0.2) is 12.2 Å². The summed E-state index contributed by atoms with van der Waals surface area (Å²) < 4.78 is 12.5. The maximum absolute atomic E-state index is 12.5. The zero-order valence-corrected chi connectivity index (χ0v) is 6.18. The van der Waals surface area contributed by atoms with Gasteiger partial charge in [-0.2, -0.15) is 0 Å². The van der Waals surface area contributed by atoms with Gasteiger partial charge in [-0.05, 0) is 12.8 Å². The molecule has 0 aromatic carbocycles. The van der Waals surface area contributed by atoms with Crippen molar-refractivity contribution >= 4 is 0 Å². The van der Waals surface area contributed by atoms with Crippen molar-refractivity contribution in [3.63, 3.8) is 0 Å². The van der Waals surface area contributed by atoms with Gasteiger partial charge in [-0.25, -0.2) is 4.39 Å². The highest BCUT2D eigenvalue weighted by Gasteiger charge is 2.24. The molecular weight excluding hydrogens is 131 g/mol. The topological polar surface area (TPSA) is 20.2 Å². The Labute approximate surface area is 60.6 Å². The number of hydrogen-bond acceptors (Lipinski definition) is 1. The third-order valence-corrected chi connectivity index (χ3v) is 2.06. The van der Waals surface area contributed by atoms with Crippen LogP contribution in [0.3, 0.4) is 0 Å². The van der Waals surface area contributed by atoms with Crippen LogP contribution in [-0.2, 0) is 0 Å². The molecule has 0 radical (unpaired) electrons. The average Bonchev–Trinajstić information content (AvgIpc) is 1.96. The van der Waals surface area contributed by atoms with Crippen LogP contribution in [0.4, 0.5) is 4.39 Å². The standard InChI is InChI=1S/C8H13FO/c1-8(6-10)4-2-7(9)3-5-8/h2,4,7,10H,3,5-6H2,1H3/t7?,8-/m0/s1. The Bertz CT molecular complexity index is 144. The van der Waals surface area contributed by atoms with E-state index in [2.05, 4.69) is 0 Å². The molecule has 0 heterocycles. The second-order valence-electron chi connectivity index (χ2n) is 3.23. The molecule has 0 saturated heterocycles. The quantitative estimate of drug-likeness (QED) is 0.555. The van der Waals surface area contributed by atoms with Gasteiger partial charge < -0.3 is 5.11 Å². The summed E-state index contributed by atoms with van der Waals surface area (Å²) in [5.41, 5.74) is -0.164. The Morgan fingerprint density at radius 2 is 2.50 bits per heavy atom. The van der Waals surface area contributed by atoms with E-state index in [1.54, 1.807) is 12.2 Å². The Kier molecular flexibility index (Phi) is 2.09. The molecule has 0 aromatic rings. The molecule has 1 nitrogen and oxygen atoms in total. The van der Waals surface area contributed by atoms with Crippen molar-refractivity contribution in [2.24, 2.45) is 5.41 Å². The van der Waals surface area contributed by atoms with E-state index in [4.69, 9.17) is 5.11 Å². The summed E-state index contributed by atoms with van der Waals surface area (Å²) in [6.07, 6.45) is 3.83. The van der Waals surface area contributed by atoms with Crippen LogP contribution in [0.1, 0.15) is 19.8 Å². The van der Waals surface area contributed by atoms with Crippen LogP contribution in [0.25, 0.3) is 0 Å². The molecule has 0 saturated carbocycles. The first kappa shape index (κ1) is 7.73. The van der Waals surface area contributed by atoms with Crippen molar-refractivity contribution in [2.75, 3.05) is 6.61 Å². The molecular formula is C8H13FO. The van der Waals surface area contributed by atoms with Gasteiger partial charge in [-0.15, -0.1) is 0 Å². The lowest BCUT2D eigenvalue weighted by Crippen LogP contribution is -2.23. The van der Waals surface area contributed by atoms with E-state index in [9.17, 15) is 4.39 Å². The lowest BCUT2D eigenvalue weighted by atomic mass is 9.81. The Morgan fingerprint density at radius 3 is 2.90 bits per heavy atom. The summed E-state index contributed by atoms with van der Waals surface area (Å²) >= 11 is 0. The van der Waals surface area contributed by atoms with Gasteiger partial charge in [-0.1, -0.05) is 19.1 Å². The number of aliphatic hydroxyl groups is 1. The van der Waals surface area contributed by atoms with Gasteiger partial charge >= 0.3 is 0 Å². The van der Waals surface area contributed by atoms with Gasteiger partial charge in [-0.3, -0.25) is 0 Å². The minimum absolute atomic E-state index is 0.121. The van der Waals surface area contributed by atoms with Crippen LogP contribution in [-0.4, -0.2) is 17.9 Å². The van der Waals surface area contributed by atoms with Crippen molar-refractivity contribution in [2.45, 2.75) is 25.9 Å². The van der Waals surface area contributed by atoms with E-state index in [0.717, 1.165) is 6.42 Å². The highest BCUT2D eigenvalue weighted by Crippen LogP contribution is 2.30. The van der Waals surface area contributed by atoms with E-state index in [1.165, 1.54) is 0 Å². The van der Waals surface area contributed by atoms with Crippen LogP contribution < -0.4 is 0 Å². The predicted octanol–water partition coefficient (Wildman–Crippen LogP) is 1.67. The number of hydrogen-bond donors (Lipinski definition) is 1. The summed E-state index contributed by atoms with van der Waals surface area (Å²) in [4.78, 5) is 0. The number of rotatable bonds is 1. The fourth-order valence-electron chi connectivity index (χ4n) is 1.12. The maximum atomic E-state index is 12.5. The summed E-state index contributed by atoms with van der Waals surface area (Å²) in [6, 6.07) is 0. The Balaban J connectivity index is 2.59. The lowest BCUT2D eigenvalue weighted by Gasteiger charge is -2.27. The predicted molar refractivity (Wildman–Crippen MR) is 38.5 cm³/mol. The molecule has 58 valence electrons. The number of alkyl halides is 1. The fraction of sp³-hybridized carbons (Fsp3) is 0.750. The average molecular weight is 144 g/mol. The summed E-state index contributed by atoms with van der Waals surface area (Å²) in [7, 11) is 0. The third kappa shape index (κ3) is 1.57. The first-order valence-electron chi connectivity index (χ1n) is 3.61. The molecule has 1 unspecified atom stereocenters. The molecule has 1 aliphatic carbocycles. The van der Waals surface area contributed by atoms with Gasteiger partial charge in [0.2, 0.25) is 0 Å². The summed E-state index contributed by atoms with van der Waals surface area (Å²) in [5.74, 6) is 0. The van der Waals surface area contributed by atoms with E-state index in [-0.39, 0.29) is 12.0 Å². The highest BCUT2D eigenvalue weighted by atomic mass is 19.1. The molecule has 0 spiro atoms. The highest BCUT2D eigenvalue weighted by molar-refractivity contribution is 5.05. The van der Waals surface area contributed by atoms with E-state index in [0.29, 0.717) is 6.42 Å². The second-order valence-corrected chi connectivity index (χ2v) is 3.23. The maximum Gasteiger partial charge on any atom is 0.118 e. The first-order valence-corrected chi connectivity index (χ1v) is 3.61. The SMILES string of the molecule is C[C@]1(CO)C=CC(F)CC1. The molecule has 2 atom stereocenters. The fourth-order valence-corrected chi connectivity index (χ4v) is 1.12. The molecule has 0 fully saturated rings. The number of halogens is 1. The van der Waals surface area contributed by atoms with Crippen molar-refractivity contribution in [3.8, 4) is 0 Å². The molecule has 1 rings (SSSR count). The summed E-state index contributed by atoms with van der Waals surface area (Å²) in [5, 5.41) is 8.86. The van der Waals surface area contributed by atoms with Crippen LogP contribution in [0.5, 0.6) is 0 Å². The first-order chi connectivity index (χ1) is 4.66. The summed E-state index contributed by atoms with van der Waals surface area (Å²) in [6.45, 7) is 2.06. The third-order valence-electron chi connectivity index (χ3n) is 2.06. The molecule has 2 heteroatoms. The van der Waals surface area contributed by atoms with Crippen LogP contribution in [0.2, 0.25) is 0 Å². The Hall–Kier alpha value is -0.370. The molecule has 0 aliphatic heterocycles. The second kappa shape index (κ2) is 2.70. The van der Waals surface area contributed by atoms with Gasteiger partial charge in [0.25, 0.3) is 0 Å². The van der Waals surface area contributed by atoms with Gasteiger partial charge in [0.05, 0.1) is 6.61 Å². The van der Waals surface area contributed by atoms with Gasteiger partial charge in [0, 0.05) is 5.41 Å². The lowest BCUT2D eigenvalue weighted by molar-refractivity contribution is 0.155. The van der Waals surface area contributed by atoms with Crippen molar-refractivity contribution < 1.29 is 9.50 Å². The van der Waals surface area contributed by atoms with Crippen molar-refractivity contribution in [1.82, 2.24) is 0 Å². The molecule has 0 bridgehead atoms. The smallest absolute Gasteiger partial charge is 0.118 e. The molecule has 1 aliphatic rings. The van der Waals surface area contributed by atoms with Crippen LogP contribution in [0, 0.1) is 5.41 Å². The van der Waals surface area contributed by atoms with Crippen LogP contribution >= 0.6 is 0 Å². The largest absolute Gasteiger partial charge is 0.395 e. The van der Waals surface area contributed by atoms with Gasteiger partial charge in [0.1, 0.15) is 6.17 Å². The molecule has 0 aromatic heterocycles.